The van der Waals surface area contributed by atoms with Gasteiger partial charge in [0.25, 0.3) is 15.9 Å². The Morgan fingerprint density at radius 3 is 2.34 bits per heavy atom. The van der Waals surface area contributed by atoms with Crippen LogP contribution in [-0.2, 0) is 14.8 Å². The molecule has 9 heteroatoms. The number of amides is 1. The number of aryl methyl sites for hydroxylation is 3. The standard InChI is InChI=1S/C29H29IN4O3S/c1-20-10-11-21(2)28(16-20)34-22(3)17-24(23(34)4)18-31-32-29(35)19-33(26-14-12-25(30)13-15-26)38(36,37)27-8-6-5-7-9-27/h5-18H,19H2,1-4H3,(H,32,35)/b31-18-. The predicted molar refractivity (Wildman–Crippen MR) is 161 cm³/mol. The van der Waals surface area contributed by atoms with Crippen molar-refractivity contribution in [3.05, 3.63) is 111 Å². The van der Waals surface area contributed by atoms with E-state index in [-0.39, 0.29) is 4.90 Å². The largest absolute Gasteiger partial charge is 0.318 e. The average Bonchev–Trinajstić information content (AvgIpc) is 3.17. The van der Waals surface area contributed by atoms with E-state index in [1.165, 1.54) is 17.7 Å². The van der Waals surface area contributed by atoms with Crippen LogP contribution in [0.2, 0.25) is 0 Å². The molecule has 0 aliphatic carbocycles. The second-order valence-electron chi connectivity index (χ2n) is 9.05. The minimum Gasteiger partial charge on any atom is -0.318 e. The lowest BCUT2D eigenvalue weighted by Crippen LogP contribution is -2.39. The van der Waals surface area contributed by atoms with Gasteiger partial charge in [-0.25, -0.2) is 13.8 Å². The third kappa shape index (κ3) is 5.99. The molecule has 0 aliphatic rings. The van der Waals surface area contributed by atoms with Crippen molar-refractivity contribution >= 4 is 50.4 Å². The molecule has 0 saturated heterocycles. The summed E-state index contributed by atoms with van der Waals surface area (Å²) in [6.45, 7) is 7.74. The monoisotopic (exact) mass is 640 g/mol. The number of benzene rings is 3. The summed E-state index contributed by atoms with van der Waals surface area (Å²) in [5.74, 6) is -0.553. The van der Waals surface area contributed by atoms with Crippen molar-refractivity contribution in [1.82, 2.24) is 9.99 Å². The fraction of sp³-hybridized carbons (Fsp3) is 0.172. The molecule has 0 saturated carbocycles. The molecule has 0 spiro atoms. The summed E-state index contributed by atoms with van der Waals surface area (Å²) in [4.78, 5) is 13.0. The number of hydrazone groups is 1. The maximum absolute atomic E-state index is 13.4. The first-order chi connectivity index (χ1) is 18.1. The van der Waals surface area contributed by atoms with Crippen molar-refractivity contribution in [2.75, 3.05) is 10.8 Å². The van der Waals surface area contributed by atoms with Crippen LogP contribution in [0.1, 0.15) is 28.1 Å². The summed E-state index contributed by atoms with van der Waals surface area (Å²) in [6.07, 6.45) is 1.59. The molecule has 1 N–H and O–H groups in total. The Hall–Kier alpha value is -3.44. The normalized spacial score (nSPS) is 11.6. The zero-order valence-electron chi connectivity index (χ0n) is 21.6. The summed E-state index contributed by atoms with van der Waals surface area (Å²) >= 11 is 2.15. The van der Waals surface area contributed by atoms with E-state index in [1.807, 2.05) is 19.9 Å². The molecule has 0 aliphatic heterocycles. The second kappa shape index (κ2) is 11.5. The summed E-state index contributed by atoms with van der Waals surface area (Å²) < 4.78 is 31.1. The van der Waals surface area contributed by atoms with Gasteiger partial charge in [-0.15, -0.1) is 0 Å². The number of carbonyl (C=O) groups is 1. The number of halogens is 1. The van der Waals surface area contributed by atoms with E-state index in [1.54, 1.807) is 48.7 Å². The van der Waals surface area contributed by atoms with E-state index in [4.69, 9.17) is 0 Å². The van der Waals surface area contributed by atoms with Crippen LogP contribution < -0.4 is 9.73 Å². The van der Waals surface area contributed by atoms with Crippen molar-refractivity contribution in [1.29, 1.82) is 0 Å². The number of aromatic nitrogens is 1. The van der Waals surface area contributed by atoms with Gasteiger partial charge in [-0.05, 0) is 110 Å². The van der Waals surface area contributed by atoms with Gasteiger partial charge < -0.3 is 4.57 Å². The van der Waals surface area contributed by atoms with Crippen LogP contribution in [0, 0.1) is 31.3 Å². The first-order valence-electron chi connectivity index (χ1n) is 12.0. The Balaban J connectivity index is 1.55. The Bertz CT molecular complexity index is 1600. The van der Waals surface area contributed by atoms with Crippen molar-refractivity contribution < 1.29 is 13.2 Å². The lowest BCUT2D eigenvalue weighted by molar-refractivity contribution is -0.119. The molecule has 0 radical (unpaired) electrons. The summed E-state index contributed by atoms with van der Waals surface area (Å²) in [7, 11) is -3.97. The van der Waals surface area contributed by atoms with Crippen LogP contribution in [0.4, 0.5) is 5.69 Å². The lowest BCUT2D eigenvalue weighted by atomic mass is 10.1. The SMILES string of the molecule is Cc1ccc(C)c(-n2c(C)cc(/C=N\NC(=O)CN(c3ccc(I)cc3)S(=O)(=O)c3ccccc3)c2C)c1. The van der Waals surface area contributed by atoms with Crippen molar-refractivity contribution in [2.24, 2.45) is 5.10 Å². The van der Waals surface area contributed by atoms with Crippen LogP contribution in [0.5, 0.6) is 0 Å². The minimum atomic E-state index is -3.97. The van der Waals surface area contributed by atoms with Gasteiger partial charge in [0.2, 0.25) is 0 Å². The molecule has 0 unspecified atom stereocenters. The highest BCUT2D eigenvalue weighted by Crippen LogP contribution is 2.25. The van der Waals surface area contributed by atoms with Gasteiger partial charge in [0.1, 0.15) is 6.54 Å². The van der Waals surface area contributed by atoms with Crippen LogP contribution >= 0.6 is 22.6 Å². The Kier molecular flexibility index (Phi) is 8.37. The number of nitrogens with zero attached hydrogens (tertiary/aromatic N) is 3. The maximum atomic E-state index is 13.4. The fourth-order valence-electron chi connectivity index (χ4n) is 4.23. The summed E-state index contributed by atoms with van der Waals surface area (Å²) in [5.41, 5.74) is 9.21. The van der Waals surface area contributed by atoms with Crippen molar-refractivity contribution in [2.45, 2.75) is 32.6 Å². The van der Waals surface area contributed by atoms with Crippen LogP contribution in [0.3, 0.4) is 0 Å². The Morgan fingerprint density at radius 2 is 1.66 bits per heavy atom. The van der Waals surface area contributed by atoms with Gasteiger partial charge in [-0.3, -0.25) is 9.10 Å². The smallest absolute Gasteiger partial charge is 0.264 e. The number of hydrogen-bond acceptors (Lipinski definition) is 4. The fourth-order valence-corrected chi connectivity index (χ4v) is 6.03. The molecule has 7 nitrogen and oxygen atoms in total. The maximum Gasteiger partial charge on any atom is 0.264 e. The summed E-state index contributed by atoms with van der Waals surface area (Å²) in [5, 5.41) is 4.15. The topological polar surface area (TPSA) is 83.8 Å². The van der Waals surface area contributed by atoms with Crippen LogP contribution in [-0.4, -0.2) is 31.7 Å². The quantitative estimate of drug-likeness (QED) is 0.153. The highest BCUT2D eigenvalue weighted by atomic mass is 127. The van der Waals surface area contributed by atoms with Gasteiger partial charge >= 0.3 is 0 Å². The third-order valence-electron chi connectivity index (χ3n) is 6.20. The molecule has 38 heavy (non-hydrogen) atoms. The zero-order valence-corrected chi connectivity index (χ0v) is 24.6. The molecular formula is C29H29IN4O3S. The van der Waals surface area contributed by atoms with Crippen LogP contribution in [0.15, 0.2) is 88.9 Å². The van der Waals surface area contributed by atoms with E-state index >= 15 is 0 Å². The number of rotatable bonds is 8. The molecule has 4 aromatic rings. The van der Waals surface area contributed by atoms with Gasteiger partial charge in [0, 0.05) is 26.2 Å². The number of nitrogens with one attached hydrogen (secondary N) is 1. The zero-order chi connectivity index (χ0) is 27.4. The molecule has 0 fully saturated rings. The molecule has 1 heterocycles. The number of carbonyl (C=O) groups excluding carboxylic acids is 1. The highest BCUT2D eigenvalue weighted by molar-refractivity contribution is 14.1. The number of sulfonamides is 1. The average molecular weight is 641 g/mol. The molecule has 0 atom stereocenters. The van der Waals surface area contributed by atoms with E-state index in [9.17, 15) is 13.2 Å². The molecule has 1 amide bonds. The van der Waals surface area contributed by atoms with Gasteiger partial charge in [0.15, 0.2) is 0 Å². The molecule has 0 bridgehead atoms. The first kappa shape index (κ1) is 27.6. The van der Waals surface area contributed by atoms with Gasteiger partial charge in [-0.1, -0.05) is 30.3 Å². The summed E-state index contributed by atoms with van der Waals surface area (Å²) in [6, 6.07) is 23.4. The molecule has 1 aromatic heterocycles. The van der Waals surface area contributed by atoms with Crippen molar-refractivity contribution in [3.8, 4) is 5.69 Å². The second-order valence-corrected chi connectivity index (χ2v) is 12.2. The Labute approximate surface area is 237 Å². The van der Waals surface area contributed by atoms with Gasteiger partial charge in [0.05, 0.1) is 16.8 Å². The van der Waals surface area contributed by atoms with Crippen molar-refractivity contribution in [3.63, 3.8) is 0 Å². The number of hydrogen-bond donors (Lipinski definition) is 1. The third-order valence-corrected chi connectivity index (χ3v) is 8.71. The minimum absolute atomic E-state index is 0.105. The van der Waals surface area contributed by atoms with E-state index in [0.717, 1.165) is 36.1 Å². The molecule has 196 valence electrons. The molecule has 3 aromatic carbocycles. The van der Waals surface area contributed by atoms with E-state index < -0.39 is 22.5 Å². The first-order valence-corrected chi connectivity index (χ1v) is 14.5. The van der Waals surface area contributed by atoms with Crippen LogP contribution in [0.25, 0.3) is 5.69 Å². The lowest BCUT2D eigenvalue weighted by Gasteiger charge is -2.23. The molecular weight excluding hydrogens is 611 g/mol. The Morgan fingerprint density at radius 1 is 0.974 bits per heavy atom. The van der Waals surface area contributed by atoms with Gasteiger partial charge in [-0.2, -0.15) is 5.10 Å². The number of anilines is 1. The predicted octanol–water partition coefficient (Wildman–Crippen LogP) is 5.66. The van der Waals surface area contributed by atoms with E-state index in [0.29, 0.717) is 5.69 Å². The van der Waals surface area contributed by atoms with E-state index in [2.05, 4.69) is 69.7 Å². The highest BCUT2D eigenvalue weighted by Gasteiger charge is 2.27. The molecule has 4 rings (SSSR count).